The Labute approximate surface area is 198 Å². The molecule has 2 aromatic rings. The number of carbonyl (C=O) groups is 2. The summed E-state index contributed by atoms with van der Waals surface area (Å²) in [5, 5.41) is 5.24. The number of piperazine rings is 1. The van der Waals surface area contributed by atoms with Gasteiger partial charge in [0.15, 0.2) is 11.5 Å². The third-order valence-electron chi connectivity index (χ3n) is 5.67. The number of rotatable bonds is 9. The van der Waals surface area contributed by atoms with Gasteiger partial charge in [-0.25, -0.2) is 9.18 Å². The first-order valence-corrected chi connectivity index (χ1v) is 11.0. The van der Waals surface area contributed by atoms with E-state index in [1.807, 2.05) is 12.1 Å². The number of urea groups is 1. The van der Waals surface area contributed by atoms with Gasteiger partial charge in [-0.1, -0.05) is 18.2 Å². The van der Waals surface area contributed by atoms with Gasteiger partial charge in [0.2, 0.25) is 11.7 Å². The molecule has 10 heteroatoms. The highest BCUT2D eigenvalue weighted by Gasteiger charge is 2.23. The highest BCUT2D eigenvalue weighted by molar-refractivity contribution is 5.84. The van der Waals surface area contributed by atoms with Crippen LogP contribution in [0.4, 0.5) is 9.18 Å². The number of ether oxygens (including phenoxy) is 3. The van der Waals surface area contributed by atoms with Crippen LogP contribution in [-0.2, 0) is 17.9 Å². The van der Waals surface area contributed by atoms with Crippen molar-refractivity contribution in [2.24, 2.45) is 0 Å². The van der Waals surface area contributed by atoms with Crippen LogP contribution in [0.25, 0.3) is 0 Å². The van der Waals surface area contributed by atoms with Gasteiger partial charge >= 0.3 is 6.03 Å². The molecule has 0 radical (unpaired) electrons. The number of hydrogen-bond donors (Lipinski definition) is 2. The maximum absolute atomic E-state index is 12.9. The van der Waals surface area contributed by atoms with Crippen LogP contribution in [0.3, 0.4) is 0 Å². The van der Waals surface area contributed by atoms with Crippen LogP contribution in [-0.4, -0.2) is 75.8 Å². The van der Waals surface area contributed by atoms with Crippen molar-refractivity contribution in [3.8, 4) is 17.2 Å². The first-order chi connectivity index (χ1) is 16.4. The van der Waals surface area contributed by atoms with Crippen molar-refractivity contribution in [3.63, 3.8) is 0 Å². The Bertz CT molecular complexity index is 978. The molecule has 1 saturated heterocycles. The molecular formula is C24H31FN4O5. The zero-order valence-electron chi connectivity index (χ0n) is 19.7. The second kappa shape index (κ2) is 12.1. The minimum Gasteiger partial charge on any atom is -0.493 e. The lowest BCUT2D eigenvalue weighted by Crippen LogP contribution is -2.51. The summed E-state index contributed by atoms with van der Waals surface area (Å²) >= 11 is 0. The summed E-state index contributed by atoms with van der Waals surface area (Å²) in [6.45, 7) is 3.33. The fraction of sp³-hybridized carbons (Fsp3) is 0.417. The highest BCUT2D eigenvalue weighted by Crippen LogP contribution is 2.40. The zero-order chi connectivity index (χ0) is 24.5. The molecule has 0 unspecified atom stereocenters. The molecule has 3 amide bonds. The van der Waals surface area contributed by atoms with E-state index in [0.717, 1.165) is 11.1 Å². The molecule has 0 aliphatic carbocycles. The number of halogens is 1. The molecule has 184 valence electrons. The van der Waals surface area contributed by atoms with Crippen LogP contribution >= 0.6 is 0 Å². The number of benzene rings is 2. The van der Waals surface area contributed by atoms with Gasteiger partial charge in [0.1, 0.15) is 5.82 Å². The van der Waals surface area contributed by atoms with E-state index >= 15 is 0 Å². The van der Waals surface area contributed by atoms with Crippen molar-refractivity contribution in [1.82, 2.24) is 20.4 Å². The molecule has 2 N–H and O–H groups in total. The van der Waals surface area contributed by atoms with E-state index in [-0.39, 0.29) is 24.8 Å². The topological polar surface area (TPSA) is 92.4 Å². The van der Waals surface area contributed by atoms with Crippen molar-refractivity contribution in [3.05, 3.63) is 53.3 Å². The average molecular weight is 475 g/mol. The van der Waals surface area contributed by atoms with E-state index < -0.39 is 6.03 Å². The van der Waals surface area contributed by atoms with E-state index in [2.05, 4.69) is 15.5 Å². The van der Waals surface area contributed by atoms with Gasteiger partial charge in [-0.3, -0.25) is 9.69 Å². The van der Waals surface area contributed by atoms with Gasteiger partial charge in [-0.2, -0.15) is 0 Å². The van der Waals surface area contributed by atoms with Crippen molar-refractivity contribution < 1.29 is 28.2 Å². The molecule has 9 nitrogen and oxygen atoms in total. The standard InChI is InChI=1S/C24H31FN4O5/c1-32-20-9-6-18(22(33-2)23(20)34-3)16-28-10-12-29(13-11-28)21(30)15-27-24(31)26-14-17-4-7-19(25)8-5-17/h4-9H,10-16H2,1-3H3,(H2,26,27,31). The second-order valence-corrected chi connectivity index (χ2v) is 7.81. The summed E-state index contributed by atoms with van der Waals surface area (Å²) < 4.78 is 29.3. The van der Waals surface area contributed by atoms with Crippen molar-refractivity contribution in [1.29, 1.82) is 0 Å². The summed E-state index contributed by atoms with van der Waals surface area (Å²) in [6, 6.07) is 9.21. The number of methoxy groups -OCH3 is 3. The lowest BCUT2D eigenvalue weighted by Gasteiger charge is -2.35. The molecule has 1 fully saturated rings. The molecule has 2 aromatic carbocycles. The summed E-state index contributed by atoms with van der Waals surface area (Å²) in [4.78, 5) is 28.5. The molecule has 0 atom stereocenters. The minimum atomic E-state index is -0.447. The normalized spacial score (nSPS) is 13.8. The fourth-order valence-electron chi connectivity index (χ4n) is 3.80. The van der Waals surface area contributed by atoms with E-state index in [0.29, 0.717) is 50.0 Å². The Kier molecular flexibility index (Phi) is 8.92. The number of hydrogen-bond acceptors (Lipinski definition) is 6. The lowest BCUT2D eigenvalue weighted by molar-refractivity contribution is -0.131. The van der Waals surface area contributed by atoms with Gasteiger partial charge in [-0.05, 0) is 23.8 Å². The molecule has 0 saturated carbocycles. The van der Waals surface area contributed by atoms with Gasteiger partial charge < -0.3 is 29.7 Å². The lowest BCUT2D eigenvalue weighted by atomic mass is 10.1. The molecule has 0 aromatic heterocycles. The van der Waals surface area contributed by atoms with E-state index in [4.69, 9.17) is 14.2 Å². The highest BCUT2D eigenvalue weighted by atomic mass is 19.1. The Morgan fingerprint density at radius 1 is 0.882 bits per heavy atom. The van der Waals surface area contributed by atoms with Crippen LogP contribution in [0, 0.1) is 5.82 Å². The number of carbonyl (C=O) groups excluding carboxylic acids is 2. The van der Waals surface area contributed by atoms with Gasteiger partial charge in [0, 0.05) is 44.8 Å². The fourth-order valence-corrected chi connectivity index (χ4v) is 3.80. The molecular weight excluding hydrogens is 443 g/mol. The van der Waals surface area contributed by atoms with Crippen LogP contribution in [0.1, 0.15) is 11.1 Å². The maximum atomic E-state index is 12.9. The number of nitrogens with zero attached hydrogens (tertiary/aromatic N) is 2. The van der Waals surface area contributed by atoms with E-state index in [1.54, 1.807) is 38.4 Å². The summed E-state index contributed by atoms with van der Waals surface area (Å²) in [6.07, 6.45) is 0. The molecule has 1 aliphatic rings. The largest absolute Gasteiger partial charge is 0.493 e. The van der Waals surface area contributed by atoms with Crippen LogP contribution in [0.2, 0.25) is 0 Å². The van der Waals surface area contributed by atoms with Gasteiger partial charge in [0.05, 0.1) is 27.9 Å². The molecule has 1 aliphatic heterocycles. The third-order valence-corrected chi connectivity index (χ3v) is 5.67. The van der Waals surface area contributed by atoms with Gasteiger partial charge in [0.25, 0.3) is 0 Å². The van der Waals surface area contributed by atoms with Crippen molar-refractivity contribution in [2.75, 3.05) is 54.1 Å². The quantitative estimate of drug-likeness (QED) is 0.578. The van der Waals surface area contributed by atoms with E-state index in [1.165, 1.54) is 12.1 Å². The predicted octanol–water partition coefficient (Wildman–Crippen LogP) is 2.00. The summed E-state index contributed by atoms with van der Waals surface area (Å²) in [5.41, 5.74) is 1.74. The predicted molar refractivity (Wildman–Crippen MR) is 125 cm³/mol. The van der Waals surface area contributed by atoms with Crippen molar-refractivity contribution in [2.45, 2.75) is 13.1 Å². The minimum absolute atomic E-state index is 0.0846. The van der Waals surface area contributed by atoms with Crippen LogP contribution < -0.4 is 24.8 Å². The molecule has 3 rings (SSSR count). The Morgan fingerprint density at radius 2 is 1.56 bits per heavy atom. The molecule has 0 bridgehead atoms. The van der Waals surface area contributed by atoms with Crippen LogP contribution in [0.15, 0.2) is 36.4 Å². The Morgan fingerprint density at radius 3 is 2.18 bits per heavy atom. The Hall–Kier alpha value is -3.53. The Balaban J connectivity index is 1.43. The zero-order valence-corrected chi connectivity index (χ0v) is 19.7. The summed E-state index contributed by atoms with van der Waals surface area (Å²) in [5.74, 6) is 1.33. The first kappa shape index (κ1) is 25.1. The van der Waals surface area contributed by atoms with Crippen molar-refractivity contribution >= 4 is 11.9 Å². The average Bonchev–Trinajstić information content (AvgIpc) is 2.86. The molecule has 34 heavy (non-hydrogen) atoms. The maximum Gasteiger partial charge on any atom is 0.315 e. The second-order valence-electron chi connectivity index (χ2n) is 7.81. The SMILES string of the molecule is COc1ccc(CN2CCN(C(=O)CNC(=O)NCc3ccc(F)cc3)CC2)c(OC)c1OC. The number of nitrogens with one attached hydrogen (secondary N) is 2. The van der Waals surface area contributed by atoms with E-state index in [9.17, 15) is 14.0 Å². The third kappa shape index (κ3) is 6.50. The smallest absolute Gasteiger partial charge is 0.315 e. The number of amides is 3. The molecule has 1 heterocycles. The first-order valence-electron chi connectivity index (χ1n) is 11.0. The monoisotopic (exact) mass is 474 g/mol. The molecule has 0 spiro atoms. The van der Waals surface area contributed by atoms with Gasteiger partial charge in [-0.15, -0.1) is 0 Å². The summed E-state index contributed by atoms with van der Waals surface area (Å²) in [7, 11) is 4.75. The van der Waals surface area contributed by atoms with Crippen LogP contribution in [0.5, 0.6) is 17.2 Å².